The highest BCUT2D eigenvalue weighted by molar-refractivity contribution is 5.67. The van der Waals surface area contributed by atoms with Gasteiger partial charge in [-0.25, -0.2) is 4.79 Å². The number of amides is 1. The van der Waals surface area contributed by atoms with E-state index in [-0.39, 0.29) is 6.09 Å². The van der Waals surface area contributed by atoms with Gasteiger partial charge in [0.05, 0.1) is 0 Å². The standard InChI is InChI=1S/C15H20N2O2/c16-14-12-6-8-17(9-7-13(12)14)15(18)19-10-11-4-2-1-3-5-11/h1-5,12-14H,6-10,16H2/t12-,13+,14?. The van der Waals surface area contributed by atoms with Gasteiger partial charge in [-0.3, -0.25) is 0 Å². The molecule has 19 heavy (non-hydrogen) atoms. The van der Waals surface area contributed by atoms with Crippen molar-refractivity contribution in [2.45, 2.75) is 25.5 Å². The van der Waals surface area contributed by atoms with E-state index in [1.54, 1.807) is 0 Å². The first kappa shape index (κ1) is 12.5. The first-order valence-electron chi connectivity index (χ1n) is 6.97. The van der Waals surface area contributed by atoms with Gasteiger partial charge in [0, 0.05) is 19.1 Å². The Balaban J connectivity index is 1.48. The van der Waals surface area contributed by atoms with Crippen LogP contribution in [0.4, 0.5) is 4.79 Å². The Hall–Kier alpha value is -1.55. The molecule has 1 amide bonds. The summed E-state index contributed by atoms with van der Waals surface area (Å²) in [5, 5.41) is 0. The summed E-state index contributed by atoms with van der Waals surface area (Å²) in [4.78, 5) is 13.8. The summed E-state index contributed by atoms with van der Waals surface area (Å²) in [6.45, 7) is 1.91. The Morgan fingerprint density at radius 3 is 2.47 bits per heavy atom. The van der Waals surface area contributed by atoms with Gasteiger partial charge in [0.2, 0.25) is 0 Å². The SMILES string of the molecule is NC1[C@H]2CCN(C(=O)OCc3ccccc3)CC[C@@H]12. The molecule has 0 radical (unpaired) electrons. The lowest BCUT2D eigenvalue weighted by Gasteiger charge is -2.20. The van der Waals surface area contributed by atoms with Gasteiger partial charge in [0.15, 0.2) is 0 Å². The molecule has 1 aromatic rings. The molecule has 1 saturated carbocycles. The van der Waals surface area contributed by atoms with Crippen LogP contribution in [0.3, 0.4) is 0 Å². The summed E-state index contributed by atoms with van der Waals surface area (Å²) in [6.07, 6.45) is 1.84. The van der Waals surface area contributed by atoms with E-state index in [2.05, 4.69) is 0 Å². The highest BCUT2D eigenvalue weighted by atomic mass is 16.6. The highest BCUT2D eigenvalue weighted by Gasteiger charge is 2.48. The Kier molecular flexibility index (Phi) is 3.42. The fraction of sp³-hybridized carbons (Fsp3) is 0.533. The van der Waals surface area contributed by atoms with Crippen molar-refractivity contribution >= 4 is 6.09 Å². The normalized spacial score (nSPS) is 29.3. The van der Waals surface area contributed by atoms with Crippen LogP contribution in [0.1, 0.15) is 18.4 Å². The van der Waals surface area contributed by atoms with Gasteiger partial charge >= 0.3 is 6.09 Å². The summed E-state index contributed by atoms with van der Waals surface area (Å²) >= 11 is 0. The number of fused-ring (bicyclic) bond motifs is 1. The third kappa shape index (κ3) is 2.73. The molecule has 0 bridgehead atoms. The summed E-state index contributed by atoms with van der Waals surface area (Å²) in [5.41, 5.74) is 6.99. The number of nitrogens with zero attached hydrogens (tertiary/aromatic N) is 1. The van der Waals surface area contributed by atoms with Gasteiger partial charge < -0.3 is 15.4 Å². The molecule has 4 heteroatoms. The molecule has 1 heterocycles. The van der Waals surface area contributed by atoms with Gasteiger partial charge in [0.1, 0.15) is 6.61 Å². The summed E-state index contributed by atoms with van der Waals surface area (Å²) in [7, 11) is 0. The minimum atomic E-state index is -0.196. The maximum Gasteiger partial charge on any atom is 0.410 e. The molecular formula is C15H20N2O2. The quantitative estimate of drug-likeness (QED) is 0.884. The van der Waals surface area contributed by atoms with Gasteiger partial charge in [-0.15, -0.1) is 0 Å². The largest absolute Gasteiger partial charge is 0.445 e. The fourth-order valence-corrected chi connectivity index (χ4v) is 3.00. The maximum atomic E-state index is 12.0. The Labute approximate surface area is 113 Å². The minimum absolute atomic E-state index is 0.196. The summed E-state index contributed by atoms with van der Waals surface area (Å²) in [6, 6.07) is 10.2. The van der Waals surface area contributed by atoms with Gasteiger partial charge in [-0.2, -0.15) is 0 Å². The van der Waals surface area contributed by atoms with Crippen molar-refractivity contribution in [3.63, 3.8) is 0 Å². The van der Waals surface area contributed by atoms with Crippen molar-refractivity contribution in [2.24, 2.45) is 17.6 Å². The molecule has 1 aliphatic carbocycles. The molecule has 2 N–H and O–H groups in total. The van der Waals surface area contributed by atoms with Crippen LogP contribution in [0.5, 0.6) is 0 Å². The minimum Gasteiger partial charge on any atom is -0.445 e. The number of hydrogen-bond acceptors (Lipinski definition) is 3. The lowest BCUT2D eigenvalue weighted by Crippen LogP contribution is -2.33. The van der Waals surface area contributed by atoms with Gasteiger partial charge in [0.25, 0.3) is 0 Å². The van der Waals surface area contributed by atoms with Crippen molar-refractivity contribution in [3.05, 3.63) is 35.9 Å². The maximum absolute atomic E-state index is 12.0. The third-order valence-corrected chi connectivity index (χ3v) is 4.33. The molecule has 102 valence electrons. The van der Waals surface area contributed by atoms with E-state index in [9.17, 15) is 4.79 Å². The van der Waals surface area contributed by atoms with Crippen molar-refractivity contribution < 1.29 is 9.53 Å². The predicted octanol–water partition coefficient (Wildman–Crippen LogP) is 1.99. The zero-order valence-electron chi connectivity index (χ0n) is 11.0. The first-order chi connectivity index (χ1) is 9.25. The molecule has 1 aromatic carbocycles. The van der Waals surface area contributed by atoms with E-state index < -0.39 is 0 Å². The average molecular weight is 260 g/mol. The molecule has 2 aliphatic rings. The van der Waals surface area contributed by atoms with Crippen LogP contribution in [0.2, 0.25) is 0 Å². The number of benzene rings is 1. The number of carbonyl (C=O) groups excluding carboxylic acids is 1. The van der Waals surface area contributed by atoms with Crippen molar-refractivity contribution in [3.8, 4) is 0 Å². The van der Waals surface area contributed by atoms with Gasteiger partial charge in [-0.05, 0) is 30.2 Å². The molecule has 1 aliphatic heterocycles. The van der Waals surface area contributed by atoms with E-state index in [0.29, 0.717) is 24.5 Å². The third-order valence-electron chi connectivity index (χ3n) is 4.33. The van der Waals surface area contributed by atoms with Crippen LogP contribution in [-0.4, -0.2) is 30.1 Å². The fourth-order valence-electron chi connectivity index (χ4n) is 3.00. The Morgan fingerprint density at radius 2 is 1.84 bits per heavy atom. The molecule has 3 rings (SSSR count). The average Bonchev–Trinajstić information content (AvgIpc) is 3.12. The molecule has 1 unspecified atom stereocenters. The number of likely N-dealkylation sites (tertiary alicyclic amines) is 1. The van der Waals surface area contributed by atoms with Gasteiger partial charge in [-0.1, -0.05) is 30.3 Å². The zero-order valence-corrected chi connectivity index (χ0v) is 11.0. The van der Waals surface area contributed by atoms with Crippen molar-refractivity contribution in [1.29, 1.82) is 0 Å². The van der Waals surface area contributed by atoms with E-state index >= 15 is 0 Å². The Morgan fingerprint density at radius 1 is 1.21 bits per heavy atom. The second kappa shape index (κ2) is 5.21. The van der Waals surface area contributed by atoms with Crippen LogP contribution < -0.4 is 5.73 Å². The van der Waals surface area contributed by atoms with Crippen LogP contribution in [0.15, 0.2) is 30.3 Å². The van der Waals surface area contributed by atoms with Crippen molar-refractivity contribution in [2.75, 3.05) is 13.1 Å². The van der Waals surface area contributed by atoms with Crippen LogP contribution >= 0.6 is 0 Å². The van der Waals surface area contributed by atoms with E-state index in [1.165, 1.54) is 0 Å². The molecule has 0 spiro atoms. The number of ether oxygens (including phenoxy) is 1. The Bertz CT molecular complexity index is 435. The predicted molar refractivity (Wildman–Crippen MR) is 72.4 cm³/mol. The van der Waals surface area contributed by atoms with Crippen LogP contribution in [0.25, 0.3) is 0 Å². The number of rotatable bonds is 2. The van der Waals surface area contributed by atoms with E-state index in [4.69, 9.17) is 10.5 Å². The molecular weight excluding hydrogens is 240 g/mol. The van der Waals surface area contributed by atoms with E-state index in [0.717, 1.165) is 31.5 Å². The monoisotopic (exact) mass is 260 g/mol. The first-order valence-corrected chi connectivity index (χ1v) is 6.97. The second-order valence-corrected chi connectivity index (χ2v) is 5.51. The van der Waals surface area contributed by atoms with Crippen molar-refractivity contribution in [1.82, 2.24) is 4.90 Å². The van der Waals surface area contributed by atoms with Crippen LogP contribution in [-0.2, 0) is 11.3 Å². The molecule has 2 fully saturated rings. The molecule has 4 nitrogen and oxygen atoms in total. The molecule has 0 aromatic heterocycles. The smallest absolute Gasteiger partial charge is 0.410 e. The number of nitrogens with two attached hydrogens (primary N) is 1. The van der Waals surface area contributed by atoms with E-state index in [1.807, 2.05) is 35.2 Å². The number of hydrogen-bond donors (Lipinski definition) is 1. The van der Waals surface area contributed by atoms with Crippen LogP contribution in [0, 0.1) is 11.8 Å². The molecule has 1 saturated heterocycles. The molecule has 3 atom stereocenters. The summed E-state index contributed by atoms with van der Waals surface area (Å²) < 4.78 is 5.36. The lowest BCUT2D eigenvalue weighted by molar-refractivity contribution is 0.0962. The number of carbonyl (C=O) groups is 1. The lowest BCUT2D eigenvalue weighted by atomic mass is 10.2. The summed E-state index contributed by atoms with van der Waals surface area (Å²) in [5.74, 6) is 1.26. The second-order valence-electron chi connectivity index (χ2n) is 5.51. The topological polar surface area (TPSA) is 55.6 Å². The highest BCUT2D eigenvalue weighted by Crippen LogP contribution is 2.44. The zero-order chi connectivity index (χ0) is 13.2.